The van der Waals surface area contributed by atoms with Gasteiger partial charge in [0, 0.05) is 16.7 Å². The van der Waals surface area contributed by atoms with Gasteiger partial charge >= 0.3 is 0 Å². The van der Waals surface area contributed by atoms with Crippen molar-refractivity contribution in [2.45, 2.75) is 0 Å². The topological polar surface area (TPSA) is 61.8 Å². The standard InChI is InChI=1S/C23H20O5/c1-26-19-9-3-16(4-10-19)22(24)15-28-21-13-7-18(8-14-21)23(25)17-5-11-20(27-2)12-6-17/h3-14H,15H2,1-2H3. The van der Waals surface area contributed by atoms with Crippen LogP contribution in [0.25, 0.3) is 0 Å². The van der Waals surface area contributed by atoms with Gasteiger partial charge in [0.15, 0.2) is 18.2 Å². The number of ketones is 2. The molecule has 0 atom stereocenters. The third-order valence-corrected chi connectivity index (χ3v) is 4.25. The van der Waals surface area contributed by atoms with E-state index in [0.717, 1.165) is 0 Å². The van der Waals surface area contributed by atoms with E-state index in [4.69, 9.17) is 14.2 Å². The van der Waals surface area contributed by atoms with E-state index in [0.29, 0.717) is 33.9 Å². The van der Waals surface area contributed by atoms with E-state index in [2.05, 4.69) is 0 Å². The molecule has 142 valence electrons. The van der Waals surface area contributed by atoms with Crippen LogP contribution < -0.4 is 14.2 Å². The smallest absolute Gasteiger partial charge is 0.200 e. The molecular weight excluding hydrogens is 356 g/mol. The molecule has 0 bridgehead atoms. The third kappa shape index (κ3) is 4.57. The third-order valence-electron chi connectivity index (χ3n) is 4.25. The molecule has 0 unspecified atom stereocenters. The summed E-state index contributed by atoms with van der Waals surface area (Å²) in [5, 5.41) is 0. The summed E-state index contributed by atoms with van der Waals surface area (Å²) in [6, 6.07) is 20.5. The highest BCUT2D eigenvalue weighted by molar-refractivity contribution is 6.09. The van der Waals surface area contributed by atoms with Crippen molar-refractivity contribution < 1.29 is 23.8 Å². The first-order valence-electron chi connectivity index (χ1n) is 8.69. The van der Waals surface area contributed by atoms with Crippen molar-refractivity contribution in [3.63, 3.8) is 0 Å². The second-order valence-electron chi connectivity index (χ2n) is 6.02. The van der Waals surface area contributed by atoms with E-state index in [1.54, 1.807) is 87.0 Å². The number of hydrogen-bond acceptors (Lipinski definition) is 5. The first-order valence-corrected chi connectivity index (χ1v) is 8.69. The second-order valence-corrected chi connectivity index (χ2v) is 6.02. The van der Waals surface area contributed by atoms with E-state index in [9.17, 15) is 9.59 Å². The minimum Gasteiger partial charge on any atom is -0.497 e. The summed E-state index contributed by atoms with van der Waals surface area (Å²) in [6.07, 6.45) is 0. The number of ether oxygens (including phenoxy) is 3. The fourth-order valence-electron chi connectivity index (χ4n) is 2.62. The Balaban J connectivity index is 1.60. The number of carbonyl (C=O) groups excluding carboxylic acids is 2. The van der Waals surface area contributed by atoms with Crippen molar-refractivity contribution in [2.75, 3.05) is 20.8 Å². The van der Waals surface area contributed by atoms with Gasteiger partial charge in [-0.2, -0.15) is 0 Å². The molecule has 28 heavy (non-hydrogen) atoms. The van der Waals surface area contributed by atoms with Gasteiger partial charge in [0.2, 0.25) is 0 Å². The molecule has 5 nitrogen and oxygen atoms in total. The van der Waals surface area contributed by atoms with Crippen molar-refractivity contribution in [1.82, 2.24) is 0 Å². The Labute approximate surface area is 163 Å². The summed E-state index contributed by atoms with van der Waals surface area (Å²) >= 11 is 0. The zero-order valence-electron chi connectivity index (χ0n) is 15.7. The molecule has 0 aliphatic carbocycles. The Morgan fingerprint density at radius 3 is 1.43 bits per heavy atom. The summed E-state index contributed by atoms with van der Waals surface area (Å²) in [4.78, 5) is 24.7. The van der Waals surface area contributed by atoms with Gasteiger partial charge in [0.05, 0.1) is 14.2 Å². The van der Waals surface area contributed by atoms with E-state index in [1.165, 1.54) is 0 Å². The minimum absolute atomic E-state index is 0.0852. The maximum Gasteiger partial charge on any atom is 0.200 e. The highest BCUT2D eigenvalue weighted by Crippen LogP contribution is 2.18. The first kappa shape index (κ1) is 19.2. The number of benzene rings is 3. The number of Topliss-reactive ketones (excluding diaryl/α,β-unsaturated/α-hetero) is 1. The monoisotopic (exact) mass is 376 g/mol. The van der Waals surface area contributed by atoms with Gasteiger partial charge in [-0.05, 0) is 72.8 Å². The van der Waals surface area contributed by atoms with Crippen molar-refractivity contribution >= 4 is 11.6 Å². The van der Waals surface area contributed by atoms with Crippen molar-refractivity contribution in [2.24, 2.45) is 0 Å². The fraction of sp³-hybridized carbons (Fsp3) is 0.130. The van der Waals surface area contributed by atoms with Gasteiger partial charge in [-0.1, -0.05) is 0 Å². The Kier molecular flexibility index (Phi) is 6.07. The second kappa shape index (κ2) is 8.86. The number of hydrogen-bond donors (Lipinski definition) is 0. The van der Waals surface area contributed by atoms with Crippen LogP contribution in [0.3, 0.4) is 0 Å². The Hall–Kier alpha value is -3.60. The number of methoxy groups -OCH3 is 2. The summed E-state index contributed by atoms with van der Waals surface area (Å²) in [5.41, 5.74) is 1.66. The number of carbonyl (C=O) groups is 2. The van der Waals surface area contributed by atoms with Gasteiger partial charge in [-0.15, -0.1) is 0 Å². The van der Waals surface area contributed by atoms with Gasteiger partial charge < -0.3 is 14.2 Å². The summed E-state index contributed by atoms with van der Waals surface area (Å²) in [5.74, 6) is 1.68. The maximum atomic E-state index is 12.5. The molecule has 0 aliphatic rings. The Bertz CT molecular complexity index is 942. The molecule has 0 heterocycles. The molecular formula is C23H20O5. The molecule has 0 radical (unpaired) electrons. The largest absolute Gasteiger partial charge is 0.497 e. The lowest BCUT2D eigenvalue weighted by molar-refractivity contribution is 0.0920. The molecule has 0 N–H and O–H groups in total. The molecule has 0 spiro atoms. The van der Waals surface area contributed by atoms with Gasteiger partial charge in [0.25, 0.3) is 0 Å². The average Bonchev–Trinajstić information content (AvgIpc) is 2.77. The maximum absolute atomic E-state index is 12.5. The zero-order chi connectivity index (χ0) is 19.9. The molecule has 3 aromatic rings. The SMILES string of the molecule is COc1ccc(C(=O)COc2ccc(C(=O)c3ccc(OC)cc3)cc2)cc1. The lowest BCUT2D eigenvalue weighted by atomic mass is 10.0. The van der Waals surface area contributed by atoms with Crippen molar-refractivity contribution in [1.29, 1.82) is 0 Å². The lowest BCUT2D eigenvalue weighted by Crippen LogP contribution is -2.11. The van der Waals surface area contributed by atoms with Gasteiger partial charge in [0.1, 0.15) is 17.2 Å². The van der Waals surface area contributed by atoms with E-state index in [1.807, 2.05) is 0 Å². The van der Waals surface area contributed by atoms with Crippen LogP contribution in [-0.4, -0.2) is 32.4 Å². The summed E-state index contributed by atoms with van der Waals surface area (Å²) in [7, 11) is 3.15. The molecule has 0 aliphatic heterocycles. The van der Waals surface area contributed by atoms with Crippen LogP contribution in [0.1, 0.15) is 26.3 Å². The van der Waals surface area contributed by atoms with Crippen LogP contribution in [0.2, 0.25) is 0 Å². The van der Waals surface area contributed by atoms with Crippen molar-refractivity contribution in [3.05, 3.63) is 89.5 Å². The Morgan fingerprint density at radius 2 is 1.00 bits per heavy atom. The molecule has 0 amide bonds. The van der Waals surface area contributed by atoms with Crippen molar-refractivity contribution in [3.8, 4) is 17.2 Å². The number of rotatable bonds is 8. The van der Waals surface area contributed by atoms with E-state index >= 15 is 0 Å². The van der Waals surface area contributed by atoms with Gasteiger partial charge in [-0.25, -0.2) is 0 Å². The molecule has 0 fully saturated rings. The van der Waals surface area contributed by atoms with Crippen LogP contribution in [0.15, 0.2) is 72.8 Å². The summed E-state index contributed by atoms with van der Waals surface area (Å²) in [6.45, 7) is -0.0852. The fourth-order valence-corrected chi connectivity index (χ4v) is 2.62. The minimum atomic E-state index is -0.138. The molecule has 3 aromatic carbocycles. The molecule has 5 heteroatoms. The molecule has 3 rings (SSSR count). The molecule has 0 saturated carbocycles. The highest BCUT2D eigenvalue weighted by atomic mass is 16.5. The Morgan fingerprint density at radius 1 is 0.607 bits per heavy atom. The zero-order valence-corrected chi connectivity index (χ0v) is 15.7. The van der Waals surface area contributed by atoms with E-state index < -0.39 is 0 Å². The van der Waals surface area contributed by atoms with E-state index in [-0.39, 0.29) is 18.2 Å². The molecule has 0 aromatic heterocycles. The summed E-state index contributed by atoms with van der Waals surface area (Å²) < 4.78 is 15.7. The molecule has 0 saturated heterocycles. The van der Waals surface area contributed by atoms with Crippen LogP contribution in [-0.2, 0) is 0 Å². The predicted octanol–water partition coefficient (Wildman–Crippen LogP) is 4.20. The quantitative estimate of drug-likeness (QED) is 0.552. The van der Waals surface area contributed by atoms with Crippen LogP contribution in [0, 0.1) is 0 Å². The predicted molar refractivity (Wildman–Crippen MR) is 106 cm³/mol. The van der Waals surface area contributed by atoms with Crippen LogP contribution in [0.4, 0.5) is 0 Å². The average molecular weight is 376 g/mol. The van der Waals surface area contributed by atoms with Gasteiger partial charge in [-0.3, -0.25) is 9.59 Å². The van der Waals surface area contributed by atoms with Crippen LogP contribution >= 0.6 is 0 Å². The first-order chi connectivity index (χ1) is 13.6. The normalized spacial score (nSPS) is 10.2. The lowest BCUT2D eigenvalue weighted by Gasteiger charge is -2.08. The van der Waals surface area contributed by atoms with Crippen LogP contribution in [0.5, 0.6) is 17.2 Å². The highest BCUT2D eigenvalue weighted by Gasteiger charge is 2.11.